The van der Waals surface area contributed by atoms with Gasteiger partial charge in [-0.15, -0.1) is 6.58 Å². The summed E-state index contributed by atoms with van der Waals surface area (Å²) in [6.45, 7) is 3.72. The van der Waals surface area contributed by atoms with Crippen LogP contribution in [0, 0.1) is 0 Å². The summed E-state index contributed by atoms with van der Waals surface area (Å²) in [6.07, 6.45) is 3.70. The van der Waals surface area contributed by atoms with Gasteiger partial charge in [-0.3, -0.25) is 4.79 Å². The zero-order valence-electron chi connectivity index (χ0n) is 9.40. The van der Waals surface area contributed by atoms with Crippen molar-refractivity contribution in [2.24, 2.45) is 0 Å². The van der Waals surface area contributed by atoms with E-state index in [0.717, 1.165) is 17.7 Å². The molecule has 0 aliphatic heterocycles. The highest BCUT2D eigenvalue weighted by Crippen LogP contribution is 2.32. The van der Waals surface area contributed by atoms with Crippen molar-refractivity contribution < 1.29 is 9.53 Å². The first-order chi connectivity index (χ1) is 7.74. The number of fused-ring (bicyclic) bond motifs is 1. The SMILES string of the molecule is C=CCC1CC(=O)Cc2ccc(OC)nc21. The minimum atomic E-state index is 0.170. The van der Waals surface area contributed by atoms with Gasteiger partial charge in [-0.2, -0.15) is 0 Å². The van der Waals surface area contributed by atoms with Gasteiger partial charge in [-0.1, -0.05) is 12.1 Å². The maximum absolute atomic E-state index is 11.6. The van der Waals surface area contributed by atoms with Gasteiger partial charge in [0.05, 0.1) is 12.8 Å². The summed E-state index contributed by atoms with van der Waals surface area (Å²) < 4.78 is 5.11. The van der Waals surface area contributed by atoms with Crippen molar-refractivity contribution in [3.8, 4) is 5.88 Å². The fourth-order valence-electron chi connectivity index (χ4n) is 2.15. The molecule has 3 heteroatoms. The summed E-state index contributed by atoms with van der Waals surface area (Å²) in [5.74, 6) is 1.07. The Morgan fingerprint density at radius 1 is 1.62 bits per heavy atom. The van der Waals surface area contributed by atoms with E-state index in [2.05, 4.69) is 11.6 Å². The average Bonchev–Trinajstić information content (AvgIpc) is 2.29. The van der Waals surface area contributed by atoms with Crippen LogP contribution >= 0.6 is 0 Å². The lowest BCUT2D eigenvalue weighted by Gasteiger charge is -2.22. The minimum Gasteiger partial charge on any atom is -0.481 e. The maximum Gasteiger partial charge on any atom is 0.213 e. The normalized spacial score (nSPS) is 19.1. The number of aromatic nitrogens is 1. The van der Waals surface area contributed by atoms with Crippen LogP contribution in [0.1, 0.15) is 30.0 Å². The van der Waals surface area contributed by atoms with Gasteiger partial charge in [0.1, 0.15) is 5.78 Å². The Labute approximate surface area is 95.2 Å². The second-order valence-electron chi connectivity index (χ2n) is 4.04. The Hall–Kier alpha value is -1.64. The molecule has 0 amide bonds. The second-order valence-corrected chi connectivity index (χ2v) is 4.04. The predicted octanol–water partition coefficient (Wildman–Crippen LogP) is 2.27. The number of pyridine rings is 1. The summed E-state index contributed by atoms with van der Waals surface area (Å²) in [5.41, 5.74) is 2.03. The van der Waals surface area contributed by atoms with Crippen molar-refractivity contribution in [1.82, 2.24) is 4.98 Å². The zero-order valence-corrected chi connectivity index (χ0v) is 9.40. The van der Waals surface area contributed by atoms with E-state index in [-0.39, 0.29) is 11.7 Å². The third-order valence-corrected chi connectivity index (χ3v) is 2.90. The van der Waals surface area contributed by atoms with Crippen molar-refractivity contribution in [3.05, 3.63) is 36.0 Å². The predicted molar refractivity (Wildman–Crippen MR) is 61.7 cm³/mol. The number of hydrogen-bond donors (Lipinski definition) is 0. The van der Waals surface area contributed by atoms with Crippen LogP contribution < -0.4 is 4.74 Å². The van der Waals surface area contributed by atoms with Crippen molar-refractivity contribution in [1.29, 1.82) is 0 Å². The highest BCUT2D eigenvalue weighted by molar-refractivity contribution is 5.83. The number of nitrogens with zero attached hydrogens (tertiary/aromatic N) is 1. The summed E-state index contributed by atoms with van der Waals surface area (Å²) in [4.78, 5) is 16.0. The number of allylic oxidation sites excluding steroid dienone is 1. The Kier molecular flexibility index (Phi) is 3.04. The van der Waals surface area contributed by atoms with Crippen LogP contribution in [0.15, 0.2) is 24.8 Å². The molecule has 0 saturated heterocycles. The van der Waals surface area contributed by atoms with E-state index in [4.69, 9.17) is 4.74 Å². The van der Waals surface area contributed by atoms with E-state index in [1.54, 1.807) is 7.11 Å². The van der Waals surface area contributed by atoms with Gasteiger partial charge in [0.15, 0.2) is 0 Å². The zero-order chi connectivity index (χ0) is 11.5. The van der Waals surface area contributed by atoms with E-state index in [1.165, 1.54) is 0 Å². The second kappa shape index (κ2) is 4.47. The molecule has 1 unspecified atom stereocenters. The highest BCUT2D eigenvalue weighted by Gasteiger charge is 2.26. The number of methoxy groups -OCH3 is 1. The number of ketones is 1. The van der Waals surface area contributed by atoms with Gasteiger partial charge in [0.25, 0.3) is 0 Å². The van der Waals surface area contributed by atoms with E-state index in [1.807, 2.05) is 18.2 Å². The van der Waals surface area contributed by atoms with E-state index in [0.29, 0.717) is 18.7 Å². The van der Waals surface area contributed by atoms with Crippen LogP contribution in [0.5, 0.6) is 5.88 Å². The van der Waals surface area contributed by atoms with Gasteiger partial charge in [-0.05, 0) is 12.0 Å². The van der Waals surface area contributed by atoms with Gasteiger partial charge < -0.3 is 4.74 Å². The topological polar surface area (TPSA) is 39.2 Å². The van der Waals surface area contributed by atoms with Crippen LogP contribution in [0.3, 0.4) is 0 Å². The van der Waals surface area contributed by atoms with Gasteiger partial charge in [0, 0.05) is 24.8 Å². The lowest BCUT2D eigenvalue weighted by atomic mass is 9.84. The summed E-state index contributed by atoms with van der Waals surface area (Å²) >= 11 is 0. The molecule has 0 N–H and O–H groups in total. The first kappa shape index (κ1) is 10.9. The summed E-state index contributed by atoms with van der Waals surface area (Å²) in [6, 6.07) is 3.75. The third-order valence-electron chi connectivity index (χ3n) is 2.90. The van der Waals surface area contributed by atoms with Gasteiger partial charge in [-0.25, -0.2) is 4.98 Å². The molecule has 0 bridgehead atoms. The van der Waals surface area contributed by atoms with Crippen LogP contribution in [0.2, 0.25) is 0 Å². The third kappa shape index (κ3) is 1.98. The Bertz CT molecular complexity index is 426. The number of carbonyl (C=O) groups is 1. The van der Waals surface area contributed by atoms with Crippen molar-refractivity contribution in [3.63, 3.8) is 0 Å². The molecule has 0 spiro atoms. The molecule has 1 aliphatic rings. The molecule has 2 rings (SSSR count). The number of hydrogen-bond acceptors (Lipinski definition) is 3. The molecule has 1 aliphatic carbocycles. The van der Waals surface area contributed by atoms with Crippen molar-refractivity contribution in [2.75, 3.05) is 7.11 Å². The van der Waals surface area contributed by atoms with Crippen LogP contribution in [0.4, 0.5) is 0 Å². The molecule has 1 heterocycles. The van der Waals surface area contributed by atoms with Crippen molar-refractivity contribution >= 4 is 5.78 Å². The van der Waals surface area contributed by atoms with Crippen LogP contribution in [0.25, 0.3) is 0 Å². The molecular formula is C13H15NO2. The molecule has 3 nitrogen and oxygen atoms in total. The standard InChI is InChI=1S/C13H15NO2/c1-3-4-9-7-11(15)8-10-5-6-12(16-2)14-13(9)10/h3,5-6,9H,1,4,7-8H2,2H3. The highest BCUT2D eigenvalue weighted by atomic mass is 16.5. The molecule has 0 fully saturated rings. The largest absolute Gasteiger partial charge is 0.481 e. The maximum atomic E-state index is 11.6. The average molecular weight is 217 g/mol. The molecule has 0 aromatic carbocycles. The van der Waals surface area contributed by atoms with Crippen LogP contribution in [-0.4, -0.2) is 17.9 Å². The van der Waals surface area contributed by atoms with E-state index < -0.39 is 0 Å². The fraction of sp³-hybridized carbons (Fsp3) is 0.385. The van der Waals surface area contributed by atoms with Gasteiger partial charge in [0.2, 0.25) is 5.88 Å². The lowest BCUT2D eigenvalue weighted by Crippen LogP contribution is -2.19. The Morgan fingerprint density at radius 2 is 2.44 bits per heavy atom. The molecule has 1 atom stereocenters. The molecule has 16 heavy (non-hydrogen) atoms. The first-order valence-corrected chi connectivity index (χ1v) is 5.41. The quantitative estimate of drug-likeness (QED) is 0.729. The Morgan fingerprint density at radius 3 is 3.12 bits per heavy atom. The van der Waals surface area contributed by atoms with E-state index in [9.17, 15) is 4.79 Å². The molecule has 0 radical (unpaired) electrons. The minimum absolute atomic E-state index is 0.170. The summed E-state index contributed by atoms with van der Waals surface area (Å²) in [5, 5.41) is 0. The molecule has 84 valence electrons. The molecule has 1 aromatic heterocycles. The van der Waals surface area contributed by atoms with Gasteiger partial charge >= 0.3 is 0 Å². The molecule has 0 saturated carbocycles. The van der Waals surface area contributed by atoms with Crippen molar-refractivity contribution in [2.45, 2.75) is 25.2 Å². The monoisotopic (exact) mass is 217 g/mol. The number of ether oxygens (including phenoxy) is 1. The fourth-order valence-corrected chi connectivity index (χ4v) is 2.15. The number of Topliss-reactive ketones (excluding diaryl/α,β-unsaturated/α-hetero) is 1. The number of rotatable bonds is 3. The molecule has 1 aromatic rings. The smallest absolute Gasteiger partial charge is 0.213 e. The summed E-state index contributed by atoms with van der Waals surface area (Å²) in [7, 11) is 1.60. The Balaban J connectivity index is 2.40. The van der Waals surface area contributed by atoms with E-state index >= 15 is 0 Å². The lowest BCUT2D eigenvalue weighted by molar-refractivity contribution is -0.119. The molecular weight excluding hydrogens is 202 g/mol. The first-order valence-electron chi connectivity index (χ1n) is 5.41. The van der Waals surface area contributed by atoms with Crippen LogP contribution in [-0.2, 0) is 11.2 Å². The number of carbonyl (C=O) groups excluding carboxylic acids is 1.